The number of imidazole rings is 1. The number of furan rings is 1. The van der Waals surface area contributed by atoms with E-state index in [-0.39, 0.29) is 6.04 Å². The minimum Gasteiger partial charge on any atom is -0.466 e. The summed E-state index contributed by atoms with van der Waals surface area (Å²) in [4.78, 5) is 7.61. The van der Waals surface area contributed by atoms with E-state index in [1.165, 1.54) is 0 Å². The molecule has 0 radical (unpaired) electrons. The Kier molecular flexibility index (Phi) is 3.33. The van der Waals surface area contributed by atoms with Crippen LogP contribution in [0.15, 0.2) is 16.7 Å². The Morgan fingerprint density at radius 2 is 2.24 bits per heavy atom. The van der Waals surface area contributed by atoms with Crippen LogP contribution in [0.5, 0.6) is 0 Å². The van der Waals surface area contributed by atoms with Gasteiger partial charge in [-0.05, 0) is 26.3 Å². The Bertz CT molecular complexity index is 498. The lowest BCUT2D eigenvalue weighted by Crippen LogP contribution is -2.11. The predicted molar refractivity (Wildman–Crippen MR) is 67.6 cm³/mol. The zero-order chi connectivity index (χ0) is 12.4. The van der Waals surface area contributed by atoms with Gasteiger partial charge in [0.15, 0.2) is 0 Å². The Labute approximate surface area is 101 Å². The van der Waals surface area contributed by atoms with Crippen LogP contribution in [0, 0.1) is 13.8 Å². The summed E-state index contributed by atoms with van der Waals surface area (Å²) < 4.78 is 5.51. The highest BCUT2D eigenvalue weighted by molar-refractivity contribution is 5.61. The molecule has 1 atom stereocenters. The van der Waals surface area contributed by atoms with E-state index in [0.29, 0.717) is 0 Å². The minimum atomic E-state index is -0.0120. The van der Waals surface area contributed by atoms with Crippen LogP contribution in [0.25, 0.3) is 11.3 Å². The van der Waals surface area contributed by atoms with E-state index in [1.807, 2.05) is 26.1 Å². The first-order chi connectivity index (χ1) is 8.11. The van der Waals surface area contributed by atoms with E-state index in [4.69, 9.17) is 10.2 Å². The summed E-state index contributed by atoms with van der Waals surface area (Å²) in [6.45, 7) is 6.01. The fourth-order valence-electron chi connectivity index (χ4n) is 2.01. The van der Waals surface area contributed by atoms with Gasteiger partial charge in [-0.25, -0.2) is 4.98 Å². The maximum absolute atomic E-state index is 6.02. The fourth-order valence-corrected chi connectivity index (χ4v) is 2.01. The zero-order valence-corrected chi connectivity index (χ0v) is 10.6. The van der Waals surface area contributed by atoms with Crippen LogP contribution in [0.4, 0.5) is 0 Å². The van der Waals surface area contributed by atoms with E-state index >= 15 is 0 Å². The van der Waals surface area contributed by atoms with Crippen molar-refractivity contribution < 1.29 is 4.42 Å². The molecule has 1 unspecified atom stereocenters. The normalized spacial score (nSPS) is 12.9. The maximum atomic E-state index is 6.02. The number of hydrogen-bond donors (Lipinski definition) is 2. The molecule has 0 saturated heterocycles. The summed E-state index contributed by atoms with van der Waals surface area (Å²) >= 11 is 0. The highest BCUT2D eigenvalue weighted by Gasteiger charge is 2.13. The maximum Gasteiger partial charge on any atom is 0.123 e. The molecule has 0 bridgehead atoms. The summed E-state index contributed by atoms with van der Waals surface area (Å²) in [6, 6.07) is 2.00. The molecule has 4 heteroatoms. The van der Waals surface area contributed by atoms with Gasteiger partial charge >= 0.3 is 0 Å². The number of aromatic amines is 1. The van der Waals surface area contributed by atoms with Crippen LogP contribution >= 0.6 is 0 Å². The van der Waals surface area contributed by atoms with Crippen molar-refractivity contribution in [2.75, 3.05) is 0 Å². The molecule has 17 heavy (non-hydrogen) atoms. The molecule has 0 saturated carbocycles. The number of nitrogens with two attached hydrogens (primary N) is 1. The van der Waals surface area contributed by atoms with Crippen LogP contribution in [0.2, 0.25) is 0 Å². The second-order valence-electron chi connectivity index (χ2n) is 4.40. The molecule has 3 N–H and O–H groups in total. The van der Waals surface area contributed by atoms with Gasteiger partial charge in [-0.1, -0.05) is 13.3 Å². The first kappa shape index (κ1) is 11.9. The molecule has 0 aliphatic heterocycles. The van der Waals surface area contributed by atoms with E-state index in [2.05, 4.69) is 16.9 Å². The van der Waals surface area contributed by atoms with Crippen molar-refractivity contribution in [3.8, 4) is 11.3 Å². The molecular weight excluding hydrogens is 214 g/mol. The summed E-state index contributed by atoms with van der Waals surface area (Å²) in [7, 11) is 0. The van der Waals surface area contributed by atoms with Gasteiger partial charge in [-0.15, -0.1) is 0 Å². The Balaban J connectivity index is 2.26. The zero-order valence-electron chi connectivity index (χ0n) is 10.6. The monoisotopic (exact) mass is 233 g/mol. The topological polar surface area (TPSA) is 67.8 Å². The molecule has 92 valence electrons. The van der Waals surface area contributed by atoms with Gasteiger partial charge in [0, 0.05) is 5.56 Å². The van der Waals surface area contributed by atoms with Crippen molar-refractivity contribution in [1.29, 1.82) is 0 Å². The molecule has 2 rings (SSSR count). The molecule has 0 aromatic carbocycles. The fraction of sp³-hybridized carbons (Fsp3) is 0.462. The van der Waals surface area contributed by atoms with Gasteiger partial charge in [0.05, 0.1) is 17.9 Å². The number of rotatable bonds is 4. The summed E-state index contributed by atoms with van der Waals surface area (Å²) in [5, 5.41) is 0. The van der Waals surface area contributed by atoms with Crippen LogP contribution < -0.4 is 5.73 Å². The van der Waals surface area contributed by atoms with Crippen LogP contribution in [-0.4, -0.2) is 9.97 Å². The smallest absolute Gasteiger partial charge is 0.123 e. The van der Waals surface area contributed by atoms with Crippen LogP contribution in [0.3, 0.4) is 0 Å². The summed E-state index contributed by atoms with van der Waals surface area (Å²) in [5.74, 6) is 2.66. The molecule has 0 aliphatic carbocycles. The first-order valence-electron chi connectivity index (χ1n) is 5.99. The molecule has 2 aromatic rings. The quantitative estimate of drug-likeness (QED) is 0.852. The molecule has 0 fully saturated rings. The highest BCUT2D eigenvalue weighted by Crippen LogP contribution is 2.26. The number of nitrogens with one attached hydrogen (secondary N) is 1. The highest BCUT2D eigenvalue weighted by atomic mass is 16.3. The van der Waals surface area contributed by atoms with Crippen molar-refractivity contribution >= 4 is 0 Å². The van der Waals surface area contributed by atoms with Crippen molar-refractivity contribution in [3.05, 3.63) is 29.6 Å². The van der Waals surface area contributed by atoms with E-state index in [1.54, 1.807) is 0 Å². The average molecular weight is 233 g/mol. The Hall–Kier alpha value is -1.55. The number of aryl methyl sites for hydroxylation is 2. The van der Waals surface area contributed by atoms with Gasteiger partial charge in [0.2, 0.25) is 0 Å². The van der Waals surface area contributed by atoms with Gasteiger partial charge in [-0.2, -0.15) is 0 Å². The summed E-state index contributed by atoms with van der Waals surface area (Å²) in [5.41, 5.74) is 8.06. The van der Waals surface area contributed by atoms with E-state index in [9.17, 15) is 0 Å². The molecule has 0 spiro atoms. The molecule has 0 amide bonds. The SMILES string of the molecule is CCCC(N)c1ncc(-c2cc(C)oc2C)[nH]1. The molecule has 2 heterocycles. The van der Waals surface area contributed by atoms with Crippen molar-refractivity contribution in [2.45, 2.75) is 39.7 Å². The van der Waals surface area contributed by atoms with Crippen molar-refractivity contribution in [3.63, 3.8) is 0 Å². The van der Waals surface area contributed by atoms with Gasteiger partial charge in [0.25, 0.3) is 0 Å². The number of nitrogens with zero attached hydrogens (tertiary/aromatic N) is 1. The van der Waals surface area contributed by atoms with Crippen molar-refractivity contribution in [1.82, 2.24) is 9.97 Å². The minimum absolute atomic E-state index is 0.0120. The van der Waals surface area contributed by atoms with Gasteiger partial charge in [-0.3, -0.25) is 0 Å². The second kappa shape index (κ2) is 4.75. The lowest BCUT2D eigenvalue weighted by molar-refractivity contribution is 0.505. The standard InChI is InChI=1S/C13H19N3O/c1-4-5-11(14)13-15-7-12(16-13)10-6-8(2)17-9(10)3/h6-7,11H,4-5,14H2,1-3H3,(H,15,16). The third-order valence-electron chi connectivity index (χ3n) is 2.88. The molecular formula is C13H19N3O. The predicted octanol–water partition coefficient (Wildman–Crippen LogP) is 3.09. The largest absolute Gasteiger partial charge is 0.466 e. The molecule has 4 nitrogen and oxygen atoms in total. The summed E-state index contributed by atoms with van der Waals surface area (Å²) in [6.07, 6.45) is 3.82. The molecule has 2 aromatic heterocycles. The number of aromatic nitrogens is 2. The third-order valence-corrected chi connectivity index (χ3v) is 2.88. The Morgan fingerprint density at radius 1 is 1.47 bits per heavy atom. The third kappa shape index (κ3) is 2.42. The van der Waals surface area contributed by atoms with Crippen LogP contribution in [-0.2, 0) is 0 Å². The van der Waals surface area contributed by atoms with Gasteiger partial charge < -0.3 is 15.1 Å². The van der Waals surface area contributed by atoms with E-state index < -0.39 is 0 Å². The number of hydrogen-bond acceptors (Lipinski definition) is 3. The lowest BCUT2D eigenvalue weighted by atomic mass is 10.2. The molecule has 0 aliphatic rings. The number of H-pyrrole nitrogens is 1. The van der Waals surface area contributed by atoms with E-state index in [0.717, 1.165) is 41.4 Å². The Morgan fingerprint density at radius 3 is 2.82 bits per heavy atom. The van der Waals surface area contributed by atoms with Crippen LogP contribution in [0.1, 0.15) is 43.2 Å². The lowest BCUT2D eigenvalue weighted by Gasteiger charge is -2.05. The van der Waals surface area contributed by atoms with Gasteiger partial charge in [0.1, 0.15) is 17.3 Å². The first-order valence-corrected chi connectivity index (χ1v) is 5.99. The second-order valence-corrected chi connectivity index (χ2v) is 4.40. The van der Waals surface area contributed by atoms with Crippen molar-refractivity contribution in [2.24, 2.45) is 5.73 Å². The average Bonchev–Trinajstić information content (AvgIpc) is 2.85.